The average molecular weight is 319 g/mol. The van der Waals surface area contributed by atoms with Crippen LogP contribution in [0.2, 0.25) is 0 Å². The molecule has 1 aromatic rings. The van der Waals surface area contributed by atoms with Crippen molar-refractivity contribution < 1.29 is 8.78 Å². The van der Waals surface area contributed by atoms with Gasteiger partial charge in [-0.15, -0.1) is 11.6 Å². The minimum atomic E-state index is -2.76. The van der Waals surface area contributed by atoms with Crippen molar-refractivity contribution in [1.82, 2.24) is 4.98 Å². The zero-order valence-electron chi connectivity index (χ0n) is 6.28. The fourth-order valence-corrected chi connectivity index (χ4v) is 1.92. The molecule has 0 unspecified atom stereocenters. The maximum Gasteiger partial charge on any atom is 0.269 e. The summed E-state index contributed by atoms with van der Waals surface area (Å²) < 4.78 is 24.9. The van der Waals surface area contributed by atoms with Crippen molar-refractivity contribution in [2.24, 2.45) is 0 Å². The largest absolute Gasteiger partial charge is 0.356 e. The van der Waals surface area contributed by atoms with Crippen LogP contribution < -0.4 is 5.43 Å². The van der Waals surface area contributed by atoms with Crippen LogP contribution in [-0.4, -0.2) is 4.98 Å². The van der Waals surface area contributed by atoms with E-state index in [9.17, 15) is 13.6 Å². The van der Waals surface area contributed by atoms with Gasteiger partial charge in [-0.3, -0.25) is 4.79 Å². The van der Waals surface area contributed by atoms with E-state index in [0.29, 0.717) is 3.70 Å². The molecule has 1 aromatic heterocycles. The van der Waals surface area contributed by atoms with E-state index in [1.54, 1.807) is 0 Å². The van der Waals surface area contributed by atoms with Crippen LogP contribution in [0.15, 0.2) is 11.0 Å². The molecular weight excluding hydrogens is 314 g/mol. The molecule has 0 aliphatic carbocycles. The lowest BCUT2D eigenvalue weighted by molar-refractivity contribution is 0.149. The van der Waals surface area contributed by atoms with Gasteiger partial charge in [0.15, 0.2) is 5.43 Å². The van der Waals surface area contributed by atoms with Crippen molar-refractivity contribution in [2.75, 3.05) is 0 Å². The van der Waals surface area contributed by atoms with Crippen molar-refractivity contribution >= 4 is 34.2 Å². The quantitative estimate of drug-likeness (QED) is 0.507. The predicted molar refractivity (Wildman–Crippen MR) is 54.3 cm³/mol. The Balaban J connectivity index is 3.37. The lowest BCUT2D eigenvalue weighted by Gasteiger charge is -2.03. The lowest BCUT2D eigenvalue weighted by atomic mass is 10.2. The van der Waals surface area contributed by atoms with Gasteiger partial charge in [-0.25, -0.2) is 8.78 Å². The van der Waals surface area contributed by atoms with Crippen LogP contribution in [0.25, 0.3) is 0 Å². The number of rotatable bonds is 2. The number of hydrogen-bond donors (Lipinski definition) is 1. The Morgan fingerprint density at radius 3 is 2.69 bits per heavy atom. The molecule has 0 aromatic carbocycles. The third-order valence-electron chi connectivity index (χ3n) is 1.52. The summed E-state index contributed by atoms with van der Waals surface area (Å²) in [6.45, 7) is 0. The zero-order chi connectivity index (χ0) is 10.0. The first-order valence-electron chi connectivity index (χ1n) is 3.32. The normalized spacial score (nSPS) is 10.8. The molecule has 0 bridgehead atoms. The van der Waals surface area contributed by atoms with E-state index >= 15 is 0 Å². The third-order valence-corrected chi connectivity index (χ3v) is 2.75. The number of halogens is 4. The van der Waals surface area contributed by atoms with Crippen LogP contribution in [0.4, 0.5) is 8.78 Å². The maximum absolute atomic E-state index is 12.2. The van der Waals surface area contributed by atoms with Crippen LogP contribution in [0.3, 0.4) is 0 Å². The summed E-state index contributed by atoms with van der Waals surface area (Å²) in [5, 5.41) is 0. The topological polar surface area (TPSA) is 32.9 Å². The molecule has 0 spiro atoms. The Morgan fingerprint density at radius 2 is 2.23 bits per heavy atom. The van der Waals surface area contributed by atoms with Crippen LogP contribution in [-0.2, 0) is 5.88 Å². The second-order valence-electron chi connectivity index (χ2n) is 2.30. The molecule has 0 saturated heterocycles. The monoisotopic (exact) mass is 319 g/mol. The molecule has 0 aliphatic rings. The summed E-state index contributed by atoms with van der Waals surface area (Å²) in [5.74, 6) is -0.0613. The van der Waals surface area contributed by atoms with Gasteiger partial charge in [0.1, 0.15) is 0 Å². The molecule has 2 nitrogen and oxygen atoms in total. The fraction of sp³-hybridized carbons (Fsp3) is 0.286. The van der Waals surface area contributed by atoms with Crippen molar-refractivity contribution in [3.05, 3.63) is 31.2 Å². The Hall–Kier alpha value is -0.170. The molecule has 0 radical (unpaired) electrons. The van der Waals surface area contributed by atoms with Crippen molar-refractivity contribution in [1.29, 1.82) is 0 Å². The molecule has 1 N–H and O–H groups in total. The Labute approximate surface area is 91.4 Å². The van der Waals surface area contributed by atoms with Crippen molar-refractivity contribution in [2.45, 2.75) is 12.3 Å². The fourth-order valence-electron chi connectivity index (χ4n) is 0.849. The smallest absolute Gasteiger partial charge is 0.269 e. The average Bonchev–Trinajstić information content (AvgIpc) is 2.04. The Morgan fingerprint density at radius 1 is 1.62 bits per heavy atom. The second kappa shape index (κ2) is 4.36. The van der Waals surface area contributed by atoms with Gasteiger partial charge in [0.05, 0.1) is 15.1 Å². The number of H-pyrrole nitrogens is 1. The first kappa shape index (κ1) is 10.9. The highest BCUT2D eigenvalue weighted by Crippen LogP contribution is 2.16. The zero-order valence-corrected chi connectivity index (χ0v) is 9.20. The van der Waals surface area contributed by atoms with E-state index in [4.69, 9.17) is 11.6 Å². The highest BCUT2D eigenvalue weighted by molar-refractivity contribution is 14.1. The summed E-state index contributed by atoms with van der Waals surface area (Å²) in [5.41, 5.74) is -1.01. The number of nitrogens with one attached hydrogen (secondary N) is 1. The number of hydrogen-bond acceptors (Lipinski definition) is 1. The van der Waals surface area contributed by atoms with Gasteiger partial charge in [0.2, 0.25) is 0 Å². The maximum atomic E-state index is 12.2. The van der Waals surface area contributed by atoms with E-state index in [2.05, 4.69) is 4.98 Å². The molecular formula is C7H5ClF2INO. The minimum absolute atomic E-state index is 0.0613. The highest BCUT2D eigenvalue weighted by atomic mass is 127. The molecule has 1 rings (SSSR count). The molecule has 1 heterocycles. The van der Waals surface area contributed by atoms with Crippen LogP contribution in [0.1, 0.15) is 17.6 Å². The number of aromatic amines is 1. The van der Waals surface area contributed by atoms with Gasteiger partial charge in [-0.05, 0) is 22.6 Å². The summed E-state index contributed by atoms with van der Waals surface area (Å²) in [4.78, 5) is 13.8. The van der Waals surface area contributed by atoms with Crippen LogP contribution in [0.5, 0.6) is 0 Å². The van der Waals surface area contributed by atoms with Gasteiger partial charge in [0, 0.05) is 11.8 Å². The lowest BCUT2D eigenvalue weighted by Crippen LogP contribution is -2.16. The molecule has 0 aliphatic heterocycles. The first-order chi connectivity index (χ1) is 6.07. The molecule has 0 amide bonds. The van der Waals surface area contributed by atoms with Gasteiger partial charge in [-0.2, -0.15) is 0 Å². The summed E-state index contributed by atoms with van der Waals surface area (Å²) >= 11 is 7.29. The molecule has 6 heteroatoms. The summed E-state index contributed by atoms with van der Waals surface area (Å²) in [7, 11) is 0. The SMILES string of the molecule is O=c1c(C(F)F)c[nH]c(I)c1CCl. The molecule has 0 saturated carbocycles. The van der Waals surface area contributed by atoms with E-state index < -0.39 is 17.4 Å². The molecule has 0 fully saturated rings. The van der Waals surface area contributed by atoms with E-state index in [-0.39, 0.29) is 11.4 Å². The number of pyridine rings is 1. The van der Waals surface area contributed by atoms with Crippen LogP contribution in [0, 0.1) is 3.70 Å². The van der Waals surface area contributed by atoms with E-state index in [1.807, 2.05) is 22.6 Å². The standard InChI is InChI=1S/C7H5ClF2INO/c8-1-3-5(13)4(6(9)10)2-12-7(3)11/h2,6H,1H2,(H,12,13). The predicted octanol–water partition coefficient (Wildman–Crippen LogP) is 2.66. The van der Waals surface area contributed by atoms with Gasteiger partial charge in [0.25, 0.3) is 6.43 Å². The Bertz CT molecular complexity index is 366. The van der Waals surface area contributed by atoms with Gasteiger partial charge < -0.3 is 4.98 Å². The number of aromatic nitrogens is 1. The first-order valence-corrected chi connectivity index (χ1v) is 4.93. The van der Waals surface area contributed by atoms with E-state index in [0.717, 1.165) is 6.20 Å². The minimum Gasteiger partial charge on any atom is -0.356 e. The Kier molecular flexibility index (Phi) is 3.66. The van der Waals surface area contributed by atoms with E-state index in [1.165, 1.54) is 0 Å². The second-order valence-corrected chi connectivity index (χ2v) is 3.65. The van der Waals surface area contributed by atoms with Crippen LogP contribution >= 0.6 is 34.2 Å². The molecule has 13 heavy (non-hydrogen) atoms. The van der Waals surface area contributed by atoms with Gasteiger partial charge >= 0.3 is 0 Å². The van der Waals surface area contributed by atoms with Gasteiger partial charge in [-0.1, -0.05) is 0 Å². The van der Waals surface area contributed by atoms with Crippen molar-refractivity contribution in [3.8, 4) is 0 Å². The van der Waals surface area contributed by atoms with Crippen molar-refractivity contribution in [3.63, 3.8) is 0 Å². The number of alkyl halides is 3. The third kappa shape index (κ3) is 2.19. The summed E-state index contributed by atoms with van der Waals surface area (Å²) in [6.07, 6.45) is -1.74. The molecule has 0 atom stereocenters. The summed E-state index contributed by atoms with van der Waals surface area (Å²) in [6, 6.07) is 0. The highest BCUT2D eigenvalue weighted by Gasteiger charge is 2.15. The molecule has 72 valence electrons.